The molecule has 3 heteroatoms. The molecule has 7 rings (SSSR count). The Kier molecular flexibility index (Phi) is 3.82. The lowest BCUT2D eigenvalue weighted by Gasteiger charge is -2.45. The molecule has 4 aromatic rings. The van der Waals surface area contributed by atoms with Crippen molar-refractivity contribution in [1.29, 1.82) is 0 Å². The van der Waals surface area contributed by atoms with Gasteiger partial charge in [-0.2, -0.15) is 0 Å². The van der Waals surface area contributed by atoms with Crippen LogP contribution in [-0.2, 0) is 5.41 Å². The summed E-state index contributed by atoms with van der Waals surface area (Å²) in [5.74, 6) is -0.230. The van der Waals surface area contributed by atoms with Crippen LogP contribution in [0.1, 0.15) is 43.3 Å². The van der Waals surface area contributed by atoms with Gasteiger partial charge < -0.3 is 0 Å². The zero-order valence-electron chi connectivity index (χ0n) is 18.9. The summed E-state index contributed by atoms with van der Waals surface area (Å²) in [5.41, 5.74) is 4.44. The van der Waals surface area contributed by atoms with Gasteiger partial charge in [-0.1, -0.05) is 103 Å². The predicted molar refractivity (Wildman–Crippen MR) is 132 cm³/mol. The van der Waals surface area contributed by atoms with Crippen LogP contribution in [0.2, 0.25) is 0 Å². The number of benzene rings is 4. The third-order valence-corrected chi connectivity index (χ3v) is 8.39. The van der Waals surface area contributed by atoms with Gasteiger partial charge in [0.25, 0.3) is 0 Å². The van der Waals surface area contributed by atoms with Crippen molar-refractivity contribution in [3.8, 4) is 11.1 Å². The number of nitrogens with zero attached hydrogens (tertiary/aromatic N) is 1. The molecule has 34 heavy (non-hydrogen) atoms. The molecular weight excluding hydrogens is 418 g/mol. The minimum Gasteiger partial charge on any atom is -0.291 e. The van der Waals surface area contributed by atoms with Gasteiger partial charge in [-0.3, -0.25) is 14.5 Å². The lowest BCUT2D eigenvalue weighted by Crippen LogP contribution is -2.63. The van der Waals surface area contributed by atoms with E-state index in [-0.39, 0.29) is 17.5 Å². The smallest absolute Gasteiger partial charge is 0.193 e. The second-order valence-corrected chi connectivity index (χ2v) is 9.66. The highest BCUT2D eigenvalue weighted by molar-refractivity contribution is 6.35. The van der Waals surface area contributed by atoms with E-state index in [2.05, 4.69) is 36.4 Å². The standard InChI is InChI=1S/C31H23NO2/c1-32-19-27(20-11-3-2-4-12-20)30(31(32)28(33)23-15-5-6-16-24(23)29(31)34)25-17-9-7-13-21(25)22-14-8-10-18-26(22)30/h2-18,27H,19H2,1H3/t27-/m1/s1. The SMILES string of the molecule is CN1C[C@H](c2ccccc2)C2(c3ccccc3-c3ccccc32)C12C(=O)c1ccccc1C2=O. The van der Waals surface area contributed by atoms with Crippen LogP contribution < -0.4 is 0 Å². The lowest BCUT2D eigenvalue weighted by atomic mass is 9.56. The number of likely N-dealkylation sites (tertiary alicyclic amines) is 1. The largest absolute Gasteiger partial charge is 0.291 e. The first-order chi connectivity index (χ1) is 16.6. The number of Topliss-reactive ketones (excluding diaryl/α,β-unsaturated/α-hetero) is 2. The van der Waals surface area contributed by atoms with E-state index in [4.69, 9.17) is 0 Å². The van der Waals surface area contributed by atoms with E-state index in [1.54, 1.807) is 0 Å². The van der Waals surface area contributed by atoms with E-state index in [1.807, 2.05) is 78.7 Å². The molecule has 2 aliphatic carbocycles. The fraction of sp³-hybridized carbons (Fsp3) is 0.161. The number of hydrogen-bond acceptors (Lipinski definition) is 3. The molecule has 0 N–H and O–H groups in total. The Bertz CT molecular complexity index is 1420. The molecule has 0 saturated carbocycles. The molecule has 1 atom stereocenters. The molecule has 1 fully saturated rings. The van der Waals surface area contributed by atoms with Crippen molar-refractivity contribution in [3.63, 3.8) is 0 Å². The van der Waals surface area contributed by atoms with Gasteiger partial charge in [-0.15, -0.1) is 0 Å². The van der Waals surface area contributed by atoms with Gasteiger partial charge in [0, 0.05) is 23.6 Å². The van der Waals surface area contributed by atoms with E-state index in [0.29, 0.717) is 17.7 Å². The third kappa shape index (κ3) is 1.99. The second kappa shape index (κ2) is 6.62. The van der Waals surface area contributed by atoms with Crippen molar-refractivity contribution in [2.24, 2.45) is 0 Å². The van der Waals surface area contributed by atoms with Gasteiger partial charge in [0.15, 0.2) is 17.1 Å². The number of ketones is 2. The maximum Gasteiger partial charge on any atom is 0.193 e. The van der Waals surface area contributed by atoms with Gasteiger partial charge in [0.05, 0.1) is 5.41 Å². The average Bonchev–Trinajstić information content (AvgIpc) is 3.43. The van der Waals surface area contributed by atoms with Crippen molar-refractivity contribution in [2.75, 3.05) is 13.6 Å². The Morgan fingerprint density at radius 3 is 1.59 bits per heavy atom. The highest BCUT2D eigenvalue weighted by atomic mass is 16.2. The fourth-order valence-electron chi connectivity index (χ4n) is 7.25. The Morgan fingerprint density at radius 1 is 0.618 bits per heavy atom. The molecule has 0 aromatic heterocycles. The molecule has 0 bridgehead atoms. The zero-order chi connectivity index (χ0) is 23.1. The topological polar surface area (TPSA) is 37.4 Å². The average molecular weight is 442 g/mol. The summed E-state index contributed by atoms with van der Waals surface area (Å²) in [6, 6.07) is 34.4. The molecule has 164 valence electrons. The first-order valence-corrected chi connectivity index (χ1v) is 11.8. The quantitative estimate of drug-likeness (QED) is 0.366. The molecule has 0 unspecified atom stereocenters. The first kappa shape index (κ1) is 19.6. The van der Waals surface area contributed by atoms with Gasteiger partial charge in [-0.25, -0.2) is 0 Å². The highest BCUT2D eigenvalue weighted by Crippen LogP contribution is 2.67. The summed E-state index contributed by atoms with van der Waals surface area (Å²) in [6.07, 6.45) is 0. The molecule has 1 heterocycles. The summed E-state index contributed by atoms with van der Waals surface area (Å²) in [6.45, 7) is 0.609. The number of hydrogen-bond donors (Lipinski definition) is 0. The van der Waals surface area contributed by atoms with Crippen LogP contribution in [0.25, 0.3) is 11.1 Å². The molecule has 1 saturated heterocycles. The lowest BCUT2D eigenvalue weighted by molar-refractivity contribution is 0.0549. The Balaban J connectivity index is 1.67. The van der Waals surface area contributed by atoms with Crippen LogP contribution in [0.5, 0.6) is 0 Å². The summed E-state index contributed by atoms with van der Waals surface area (Å²) < 4.78 is 0. The number of carbonyl (C=O) groups is 2. The van der Waals surface area contributed by atoms with E-state index >= 15 is 0 Å². The number of fused-ring (bicyclic) bond motifs is 7. The number of carbonyl (C=O) groups excluding carboxylic acids is 2. The first-order valence-electron chi connectivity index (χ1n) is 11.8. The van der Waals surface area contributed by atoms with E-state index in [1.165, 1.54) is 0 Å². The summed E-state index contributed by atoms with van der Waals surface area (Å²) in [4.78, 5) is 31.1. The number of likely N-dealkylation sites (N-methyl/N-ethyl adjacent to an activating group) is 1. The molecule has 0 amide bonds. The highest BCUT2D eigenvalue weighted by Gasteiger charge is 2.76. The van der Waals surface area contributed by atoms with Crippen LogP contribution in [-0.4, -0.2) is 35.6 Å². The maximum atomic E-state index is 14.5. The van der Waals surface area contributed by atoms with Crippen LogP contribution in [0, 0.1) is 0 Å². The van der Waals surface area contributed by atoms with Gasteiger partial charge in [-0.05, 0) is 34.9 Å². The fourth-order valence-corrected chi connectivity index (χ4v) is 7.25. The van der Waals surface area contributed by atoms with Gasteiger partial charge >= 0.3 is 0 Å². The summed E-state index contributed by atoms with van der Waals surface area (Å²) in [7, 11) is 1.95. The molecule has 0 radical (unpaired) electrons. The zero-order valence-corrected chi connectivity index (χ0v) is 18.9. The molecule has 1 aliphatic heterocycles. The van der Waals surface area contributed by atoms with Crippen LogP contribution in [0.4, 0.5) is 0 Å². The summed E-state index contributed by atoms with van der Waals surface area (Å²) >= 11 is 0. The molecule has 3 aliphatic rings. The number of rotatable bonds is 1. The van der Waals surface area contributed by atoms with Crippen molar-refractivity contribution in [3.05, 3.63) is 131 Å². The molecule has 3 nitrogen and oxygen atoms in total. The minimum atomic E-state index is -1.33. The predicted octanol–water partition coefficient (Wildman–Crippen LogP) is 5.50. The van der Waals surface area contributed by atoms with Gasteiger partial charge in [0.2, 0.25) is 0 Å². The third-order valence-electron chi connectivity index (χ3n) is 8.39. The van der Waals surface area contributed by atoms with Crippen LogP contribution >= 0.6 is 0 Å². The van der Waals surface area contributed by atoms with E-state index < -0.39 is 11.0 Å². The molecule has 4 aromatic carbocycles. The maximum absolute atomic E-state index is 14.5. The van der Waals surface area contributed by atoms with Crippen LogP contribution in [0.3, 0.4) is 0 Å². The van der Waals surface area contributed by atoms with E-state index in [9.17, 15) is 9.59 Å². The second-order valence-electron chi connectivity index (χ2n) is 9.66. The van der Waals surface area contributed by atoms with Crippen LogP contribution in [0.15, 0.2) is 103 Å². The summed E-state index contributed by atoms with van der Waals surface area (Å²) in [5, 5.41) is 0. The van der Waals surface area contributed by atoms with Gasteiger partial charge in [0.1, 0.15) is 0 Å². The van der Waals surface area contributed by atoms with Crippen molar-refractivity contribution in [1.82, 2.24) is 4.90 Å². The minimum absolute atomic E-state index is 0.0642. The monoisotopic (exact) mass is 441 g/mol. The Morgan fingerprint density at radius 2 is 1.06 bits per heavy atom. The van der Waals surface area contributed by atoms with Crippen molar-refractivity contribution >= 4 is 11.6 Å². The van der Waals surface area contributed by atoms with Crippen molar-refractivity contribution < 1.29 is 9.59 Å². The molecular formula is C31H23NO2. The molecule has 2 spiro atoms. The normalized spacial score (nSPS) is 21.1. The van der Waals surface area contributed by atoms with Crippen molar-refractivity contribution in [2.45, 2.75) is 16.9 Å². The Hall–Kier alpha value is -3.82. The van der Waals surface area contributed by atoms with E-state index in [0.717, 1.165) is 27.8 Å². The Labute approximate surface area is 198 Å².